The van der Waals surface area contributed by atoms with E-state index in [2.05, 4.69) is 5.32 Å². The van der Waals surface area contributed by atoms with Gasteiger partial charge in [0.25, 0.3) is 5.91 Å². The third-order valence-electron chi connectivity index (χ3n) is 5.40. The van der Waals surface area contributed by atoms with Gasteiger partial charge in [0, 0.05) is 18.0 Å². The molecule has 6 heteroatoms. The number of esters is 1. The Labute approximate surface area is 173 Å². The predicted molar refractivity (Wildman–Crippen MR) is 112 cm³/mol. The molecule has 0 atom stereocenters. The largest absolute Gasteiger partial charge is 0.426 e. The molecule has 1 amide bonds. The van der Waals surface area contributed by atoms with Gasteiger partial charge in [-0.1, -0.05) is 49.6 Å². The Hall–Kier alpha value is -3.41. The average Bonchev–Trinajstić information content (AvgIpc) is 2.78. The van der Waals surface area contributed by atoms with Crippen LogP contribution >= 0.6 is 0 Å². The first-order valence-electron chi connectivity index (χ1n) is 10.2. The fraction of sp³-hybridized carbons (Fsp3) is 0.292. The normalized spacial score (nSPS) is 14.4. The van der Waals surface area contributed by atoms with Gasteiger partial charge in [0.2, 0.25) is 0 Å². The predicted octanol–water partition coefficient (Wildman–Crippen LogP) is 4.21. The van der Waals surface area contributed by atoms with Crippen LogP contribution in [0.5, 0.6) is 5.75 Å². The molecule has 0 bridgehead atoms. The van der Waals surface area contributed by atoms with E-state index in [1.54, 1.807) is 12.1 Å². The Balaban J connectivity index is 1.48. The molecule has 0 radical (unpaired) electrons. The molecule has 154 valence electrons. The molecule has 1 aromatic heterocycles. The second-order valence-electron chi connectivity index (χ2n) is 7.57. The first-order valence-corrected chi connectivity index (χ1v) is 10.2. The van der Waals surface area contributed by atoms with Crippen molar-refractivity contribution in [3.8, 4) is 5.75 Å². The minimum Gasteiger partial charge on any atom is -0.426 e. The van der Waals surface area contributed by atoms with Gasteiger partial charge in [0.15, 0.2) is 0 Å². The van der Waals surface area contributed by atoms with Crippen molar-refractivity contribution in [2.45, 2.75) is 38.6 Å². The Morgan fingerprint density at radius 3 is 2.53 bits per heavy atom. The average molecular weight is 405 g/mol. The molecule has 3 aromatic rings. The van der Waals surface area contributed by atoms with Crippen molar-refractivity contribution in [2.75, 3.05) is 0 Å². The molecule has 6 nitrogen and oxygen atoms in total. The zero-order valence-electron chi connectivity index (χ0n) is 16.6. The molecule has 1 fully saturated rings. The maximum atomic E-state index is 12.4. The number of fused-ring (bicyclic) bond motifs is 1. The monoisotopic (exact) mass is 405 g/mol. The number of ether oxygens (including phenoxy) is 1. The molecule has 0 aliphatic heterocycles. The maximum absolute atomic E-state index is 12.4. The van der Waals surface area contributed by atoms with Gasteiger partial charge in [-0.05, 0) is 36.6 Å². The summed E-state index contributed by atoms with van der Waals surface area (Å²) in [5.41, 5.74) is 0.406. The minimum absolute atomic E-state index is 0.0645. The van der Waals surface area contributed by atoms with E-state index in [0.29, 0.717) is 17.7 Å². The third kappa shape index (κ3) is 4.59. The highest BCUT2D eigenvalue weighted by atomic mass is 16.5. The molecule has 0 saturated heterocycles. The second-order valence-corrected chi connectivity index (χ2v) is 7.57. The zero-order chi connectivity index (χ0) is 20.9. The third-order valence-corrected chi connectivity index (χ3v) is 5.40. The fourth-order valence-electron chi connectivity index (χ4n) is 3.72. The number of benzene rings is 2. The van der Waals surface area contributed by atoms with Crippen LogP contribution in [-0.2, 0) is 11.3 Å². The number of rotatable bonds is 5. The van der Waals surface area contributed by atoms with E-state index < -0.39 is 11.5 Å². The molecular weight excluding hydrogens is 382 g/mol. The molecule has 4 rings (SSSR count). The van der Waals surface area contributed by atoms with Crippen molar-refractivity contribution >= 4 is 22.8 Å². The van der Waals surface area contributed by atoms with Crippen molar-refractivity contribution < 1.29 is 18.7 Å². The molecule has 1 saturated carbocycles. The Morgan fingerprint density at radius 1 is 1.00 bits per heavy atom. The van der Waals surface area contributed by atoms with Crippen LogP contribution in [0.1, 0.15) is 48.0 Å². The highest BCUT2D eigenvalue weighted by Gasteiger charge is 2.23. The number of hydrogen-bond donors (Lipinski definition) is 1. The van der Waals surface area contributed by atoms with Crippen LogP contribution in [-0.4, -0.2) is 11.9 Å². The van der Waals surface area contributed by atoms with E-state index in [9.17, 15) is 14.4 Å². The lowest BCUT2D eigenvalue weighted by atomic mass is 9.89. The quantitative estimate of drug-likeness (QED) is 0.390. The topological polar surface area (TPSA) is 85.6 Å². The van der Waals surface area contributed by atoms with Crippen molar-refractivity contribution in [1.29, 1.82) is 0 Å². The lowest BCUT2D eigenvalue weighted by Gasteiger charge is -2.19. The second kappa shape index (κ2) is 8.95. The standard InChI is InChI=1S/C24H23NO5/c26-22(25-15-16-7-3-1-4-8-16)20-13-18-11-12-19(14-21(18)30-24(20)28)29-23(27)17-9-5-2-6-10-17/h1,3-4,7-8,11-14,17H,2,5-6,9-10,15H2,(H,25,26). The van der Waals surface area contributed by atoms with Crippen molar-refractivity contribution in [3.05, 3.63) is 76.1 Å². The van der Waals surface area contributed by atoms with Crippen LogP contribution in [0.3, 0.4) is 0 Å². The Morgan fingerprint density at radius 2 is 1.77 bits per heavy atom. The van der Waals surface area contributed by atoms with E-state index in [4.69, 9.17) is 9.15 Å². The molecule has 0 unspecified atom stereocenters. The molecule has 30 heavy (non-hydrogen) atoms. The number of hydrogen-bond acceptors (Lipinski definition) is 5. The maximum Gasteiger partial charge on any atom is 0.349 e. The lowest BCUT2D eigenvalue weighted by Crippen LogP contribution is -2.27. The SMILES string of the molecule is O=C(NCc1ccccc1)c1cc2ccc(OC(=O)C3CCCCC3)cc2oc1=O. The summed E-state index contributed by atoms with van der Waals surface area (Å²) in [6.07, 6.45) is 4.95. The first kappa shape index (κ1) is 19.9. The van der Waals surface area contributed by atoms with Crippen LogP contribution in [0.15, 0.2) is 63.8 Å². The summed E-state index contributed by atoms with van der Waals surface area (Å²) < 4.78 is 10.8. The number of carbonyl (C=O) groups excluding carboxylic acids is 2. The summed E-state index contributed by atoms with van der Waals surface area (Å²) >= 11 is 0. The number of nitrogens with one attached hydrogen (secondary N) is 1. The lowest BCUT2D eigenvalue weighted by molar-refractivity contribution is -0.139. The number of carbonyl (C=O) groups is 2. The summed E-state index contributed by atoms with van der Waals surface area (Å²) in [6.45, 7) is 0.313. The Kier molecular flexibility index (Phi) is 5.93. The van der Waals surface area contributed by atoms with Crippen LogP contribution in [0, 0.1) is 5.92 Å². The highest BCUT2D eigenvalue weighted by Crippen LogP contribution is 2.27. The van der Waals surface area contributed by atoms with Crippen molar-refractivity contribution in [3.63, 3.8) is 0 Å². The Bertz CT molecular complexity index is 1110. The van der Waals surface area contributed by atoms with E-state index in [1.807, 2.05) is 30.3 Å². The van der Waals surface area contributed by atoms with Crippen LogP contribution in [0.4, 0.5) is 0 Å². The zero-order valence-corrected chi connectivity index (χ0v) is 16.6. The van der Waals surface area contributed by atoms with E-state index in [-0.39, 0.29) is 23.0 Å². The number of amides is 1. The molecule has 2 aromatic carbocycles. The van der Waals surface area contributed by atoms with Gasteiger partial charge in [0.05, 0.1) is 5.92 Å². The van der Waals surface area contributed by atoms with E-state index in [1.165, 1.54) is 12.1 Å². The smallest absolute Gasteiger partial charge is 0.349 e. The summed E-state index contributed by atoms with van der Waals surface area (Å²) in [7, 11) is 0. The van der Waals surface area contributed by atoms with E-state index in [0.717, 1.165) is 37.7 Å². The van der Waals surface area contributed by atoms with Crippen LogP contribution < -0.4 is 15.7 Å². The first-order chi connectivity index (χ1) is 14.6. The van der Waals surface area contributed by atoms with Gasteiger partial charge in [0.1, 0.15) is 16.9 Å². The highest BCUT2D eigenvalue weighted by molar-refractivity contribution is 5.96. The van der Waals surface area contributed by atoms with Gasteiger partial charge in [-0.2, -0.15) is 0 Å². The molecule has 0 spiro atoms. The molecule has 1 aliphatic carbocycles. The summed E-state index contributed by atoms with van der Waals surface area (Å²) in [5, 5.41) is 3.31. The molecule has 1 N–H and O–H groups in total. The molecule has 1 heterocycles. The van der Waals surface area contributed by atoms with Crippen molar-refractivity contribution in [1.82, 2.24) is 5.32 Å². The summed E-state index contributed by atoms with van der Waals surface area (Å²) in [4.78, 5) is 37.1. The molecular formula is C24H23NO5. The van der Waals surface area contributed by atoms with Gasteiger partial charge in [-0.25, -0.2) is 4.79 Å². The fourth-order valence-corrected chi connectivity index (χ4v) is 3.72. The van der Waals surface area contributed by atoms with E-state index >= 15 is 0 Å². The van der Waals surface area contributed by atoms with Gasteiger partial charge in [-0.3, -0.25) is 9.59 Å². The summed E-state index contributed by atoms with van der Waals surface area (Å²) in [5.74, 6) is -0.477. The minimum atomic E-state index is -0.733. The van der Waals surface area contributed by atoms with Crippen LogP contribution in [0.2, 0.25) is 0 Å². The van der Waals surface area contributed by atoms with Gasteiger partial charge in [-0.15, -0.1) is 0 Å². The van der Waals surface area contributed by atoms with Gasteiger partial charge < -0.3 is 14.5 Å². The van der Waals surface area contributed by atoms with Crippen molar-refractivity contribution in [2.24, 2.45) is 5.92 Å². The van der Waals surface area contributed by atoms with Gasteiger partial charge >= 0.3 is 11.6 Å². The van der Waals surface area contributed by atoms with Crippen LogP contribution in [0.25, 0.3) is 11.0 Å². The summed E-state index contributed by atoms with van der Waals surface area (Å²) in [6, 6.07) is 15.8. The molecule has 1 aliphatic rings.